The van der Waals surface area contributed by atoms with Gasteiger partial charge in [0.1, 0.15) is 0 Å². The van der Waals surface area contributed by atoms with Crippen molar-refractivity contribution in [3.05, 3.63) is 0 Å². The third-order valence-electron chi connectivity index (χ3n) is 7.17. The van der Waals surface area contributed by atoms with E-state index in [9.17, 15) is 10.2 Å². The van der Waals surface area contributed by atoms with E-state index >= 15 is 0 Å². The van der Waals surface area contributed by atoms with Crippen LogP contribution in [0.25, 0.3) is 0 Å². The summed E-state index contributed by atoms with van der Waals surface area (Å²) in [5.74, 6) is 0. The Morgan fingerprint density at radius 1 is 0.459 bits per heavy atom. The second-order valence-corrected chi connectivity index (χ2v) is 11.2. The number of unbranched alkanes of at least 4 members (excludes halogenated alkanes) is 17. The molecule has 0 spiro atoms. The summed E-state index contributed by atoms with van der Waals surface area (Å²) in [5, 5.41) is 21.1. The molecule has 224 valence electrons. The minimum atomic E-state index is -0.509. The summed E-state index contributed by atoms with van der Waals surface area (Å²) >= 11 is 0. The van der Waals surface area contributed by atoms with Gasteiger partial charge in [0.05, 0.1) is 25.4 Å². The fourth-order valence-electron chi connectivity index (χ4n) is 4.84. The Balaban J connectivity index is 3.98. The van der Waals surface area contributed by atoms with Gasteiger partial charge >= 0.3 is 0 Å². The SMILES string of the molecule is CCCCCCCCCCOCC(O)CN(CCCCCC)CC(O)COCCCCCCCCCC. The Hall–Kier alpha value is -0.200. The average molecular weight is 530 g/mol. The van der Waals surface area contributed by atoms with E-state index in [1.54, 1.807) is 0 Å². The molecule has 0 rings (SSSR count). The Morgan fingerprint density at radius 2 is 0.784 bits per heavy atom. The molecule has 0 heterocycles. The number of rotatable bonds is 31. The van der Waals surface area contributed by atoms with Crippen molar-refractivity contribution in [3.63, 3.8) is 0 Å². The van der Waals surface area contributed by atoms with E-state index in [1.165, 1.54) is 109 Å². The molecule has 0 aliphatic heterocycles. The molecule has 37 heavy (non-hydrogen) atoms. The Labute approximate surface area is 232 Å². The summed E-state index contributed by atoms with van der Waals surface area (Å²) in [7, 11) is 0. The van der Waals surface area contributed by atoms with Crippen LogP contribution in [0, 0.1) is 0 Å². The van der Waals surface area contributed by atoms with Crippen molar-refractivity contribution in [2.45, 2.75) is 161 Å². The van der Waals surface area contributed by atoms with Crippen LogP contribution in [-0.2, 0) is 9.47 Å². The van der Waals surface area contributed by atoms with Gasteiger partial charge in [-0.1, -0.05) is 130 Å². The average Bonchev–Trinajstić information content (AvgIpc) is 2.88. The summed E-state index contributed by atoms with van der Waals surface area (Å²) in [6.45, 7) is 11.0. The maximum atomic E-state index is 10.5. The highest BCUT2D eigenvalue weighted by molar-refractivity contribution is 4.69. The zero-order valence-electron chi connectivity index (χ0n) is 25.4. The predicted molar refractivity (Wildman–Crippen MR) is 159 cm³/mol. The molecule has 2 unspecified atom stereocenters. The van der Waals surface area contributed by atoms with Crippen molar-refractivity contribution in [2.24, 2.45) is 0 Å². The lowest BCUT2D eigenvalue weighted by Crippen LogP contribution is -2.41. The van der Waals surface area contributed by atoms with Crippen molar-refractivity contribution in [1.29, 1.82) is 0 Å². The molecule has 0 aromatic rings. The van der Waals surface area contributed by atoms with Gasteiger partial charge < -0.3 is 19.7 Å². The topological polar surface area (TPSA) is 62.2 Å². The molecule has 0 aliphatic rings. The zero-order valence-corrected chi connectivity index (χ0v) is 25.4. The fourth-order valence-corrected chi connectivity index (χ4v) is 4.84. The first kappa shape index (κ1) is 36.8. The van der Waals surface area contributed by atoms with Crippen molar-refractivity contribution in [2.75, 3.05) is 46.1 Å². The smallest absolute Gasteiger partial charge is 0.0900 e. The molecule has 2 N–H and O–H groups in total. The molecule has 2 atom stereocenters. The number of hydrogen-bond acceptors (Lipinski definition) is 5. The largest absolute Gasteiger partial charge is 0.389 e. The maximum Gasteiger partial charge on any atom is 0.0900 e. The minimum absolute atomic E-state index is 0.382. The molecule has 0 saturated carbocycles. The molecule has 0 fully saturated rings. The molecule has 0 saturated heterocycles. The van der Waals surface area contributed by atoms with Crippen LogP contribution in [0.15, 0.2) is 0 Å². The first-order valence-corrected chi connectivity index (χ1v) is 16.4. The standard InChI is InChI=1S/C32H67NO4/c1-4-7-10-13-15-17-19-22-25-36-29-31(34)27-33(24-21-12-9-6-3)28-32(35)30-37-26-23-20-18-16-14-11-8-5-2/h31-32,34-35H,4-30H2,1-3H3. The van der Waals surface area contributed by atoms with Gasteiger partial charge in [-0.3, -0.25) is 4.90 Å². The van der Waals surface area contributed by atoms with Crippen molar-refractivity contribution < 1.29 is 19.7 Å². The predicted octanol–water partition coefficient (Wildman–Crippen LogP) is 7.91. The van der Waals surface area contributed by atoms with E-state index < -0.39 is 12.2 Å². The first-order valence-electron chi connectivity index (χ1n) is 16.4. The summed E-state index contributed by atoms with van der Waals surface area (Å²) < 4.78 is 11.5. The minimum Gasteiger partial charge on any atom is -0.389 e. The molecule has 5 heteroatoms. The fraction of sp³-hybridized carbons (Fsp3) is 1.00. The van der Waals surface area contributed by atoms with Crippen LogP contribution >= 0.6 is 0 Å². The molecule has 0 radical (unpaired) electrons. The first-order chi connectivity index (χ1) is 18.1. The van der Waals surface area contributed by atoms with Gasteiger partial charge in [0.25, 0.3) is 0 Å². The molecule has 0 amide bonds. The Morgan fingerprint density at radius 3 is 1.16 bits per heavy atom. The molecule has 0 aromatic heterocycles. The Bertz CT molecular complexity index is 392. The second-order valence-electron chi connectivity index (χ2n) is 11.2. The quantitative estimate of drug-likeness (QED) is 0.0894. The molecule has 0 bridgehead atoms. The van der Waals surface area contributed by atoms with Crippen molar-refractivity contribution in [1.82, 2.24) is 4.90 Å². The lowest BCUT2D eigenvalue weighted by atomic mass is 10.1. The normalized spacial score (nSPS) is 13.5. The second kappa shape index (κ2) is 30.3. The van der Waals surface area contributed by atoms with Crippen LogP contribution in [0.3, 0.4) is 0 Å². The van der Waals surface area contributed by atoms with Crippen LogP contribution in [0.4, 0.5) is 0 Å². The monoisotopic (exact) mass is 530 g/mol. The van der Waals surface area contributed by atoms with Gasteiger partial charge in [-0.2, -0.15) is 0 Å². The molecule has 0 aromatic carbocycles. The number of ether oxygens (including phenoxy) is 2. The van der Waals surface area contributed by atoms with Crippen LogP contribution in [0.1, 0.15) is 149 Å². The van der Waals surface area contributed by atoms with E-state index in [-0.39, 0.29) is 0 Å². The summed E-state index contributed by atoms with van der Waals surface area (Å²) in [6.07, 6.45) is 24.4. The van der Waals surface area contributed by atoms with Crippen LogP contribution in [0.5, 0.6) is 0 Å². The van der Waals surface area contributed by atoms with Gasteiger partial charge in [0.2, 0.25) is 0 Å². The number of aliphatic hydroxyl groups excluding tert-OH is 2. The highest BCUT2D eigenvalue weighted by atomic mass is 16.5. The summed E-state index contributed by atoms with van der Waals surface area (Å²) in [6, 6.07) is 0. The number of aliphatic hydroxyl groups is 2. The molecule has 0 aliphatic carbocycles. The summed E-state index contributed by atoms with van der Waals surface area (Å²) in [5.41, 5.74) is 0. The number of nitrogens with zero attached hydrogens (tertiary/aromatic N) is 1. The third kappa shape index (κ3) is 28.6. The van der Waals surface area contributed by atoms with E-state index in [4.69, 9.17) is 9.47 Å². The van der Waals surface area contributed by atoms with Crippen molar-refractivity contribution >= 4 is 0 Å². The van der Waals surface area contributed by atoms with E-state index in [1.807, 2.05) is 0 Å². The van der Waals surface area contributed by atoms with Crippen molar-refractivity contribution in [3.8, 4) is 0 Å². The van der Waals surface area contributed by atoms with Crippen LogP contribution < -0.4 is 0 Å². The lowest BCUT2D eigenvalue weighted by Gasteiger charge is -2.27. The zero-order chi connectivity index (χ0) is 27.2. The third-order valence-corrected chi connectivity index (χ3v) is 7.17. The van der Waals surface area contributed by atoms with E-state index in [2.05, 4.69) is 25.7 Å². The Kier molecular flexibility index (Phi) is 30.2. The highest BCUT2D eigenvalue weighted by Crippen LogP contribution is 2.10. The van der Waals surface area contributed by atoms with Gasteiger partial charge in [-0.25, -0.2) is 0 Å². The number of hydrogen-bond donors (Lipinski definition) is 2. The van der Waals surface area contributed by atoms with Gasteiger partial charge in [0, 0.05) is 26.3 Å². The summed E-state index contributed by atoms with van der Waals surface area (Å²) in [4.78, 5) is 2.20. The molecular weight excluding hydrogens is 462 g/mol. The molecule has 5 nitrogen and oxygen atoms in total. The van der Waals surface area contributed by atoms with E-state index in [0.29, 0.717) is 26.3 Å². The van der Waals surface area contributed by atoms with E-state index in [0.717, 1.165) is 39.0 Å². The van der Waals surface area contributed by atoms with Crippen LogP contribution in [0.2, 0.25) is 0 Å². The van der Waals surface area contributed by atoms with Crippen LogP contribution in [-0.4, -0.2) is 73.4 Å². The highest BCUT2D eigenvalue weighted by Gasteiger charge is 2.16. The van der Waals surface area contributed by atoms with Gasteiger partial charge in [-0.05, 0) is 25.8 Å². The van der Waals surface area contributed by atoms with Gasteiger partial charge in [-0.15, -0.1) is 0 Å². The maximum absolute atomic E-state index is 10.5. The molecular formula is C32H67NO4. The van der Waals surface area contributed by atoms with Gasteiger partial charge in [0.15, 0.2) is 0 Å². The lowest BCUT2D eigenvalue weighted by molar-refractivity contribution is -0.0113.